The van der Waals surface area contributed by atoms with Crippen molar-refractivity contribution in [2.45, 2.75) is 12.4 Å². The summed E-state index contributed by atoms with van der Waals surface area (Å²) in [4.78, 5) is 14.3. The standard InChI is InChI=1S/C12H6F5NO4S2/c1-5(19)9-10(22-24(20,21)12(15,16)17)18-11(23-9)7-3-2-6(13)4-8(7)14/h2-4H,1H3. The highest BCUT2D eigenvalue weighted by Gasteiger charge is 2.49. The van der Waals surface area contributed by atoms with E-state index >= 15 is 0 Å². The molecular formula is C12H6F5NO4S2. The predicted octanol–water partition coefficient (Wildman–Crippen LogP) is 3.52. The van der Waals surface area contributed by atoms with Gasteiger partial charge in [0, 0.05) is 18.6 Å². The van der Waals surface area contributed by atoms with Gasteiger partial charge >= 0.3 is 15.6 Å². The van der Waals surface area contributed by atoms with Gasteiger partial charge in [-0.15, -0.1) is 11.3 Å². The molecule has 5 nitrogen and oxygen atoms in total. The van der Waals surface area contributed by atoms with Gasteiger partial charge in [0.25, 0.3) is 5.88 Å². The molecule has 0 unspecified atom stereocenters. The van der Waals surface area contributed by atoms with E-state index in [9.17, 15) is 35.2 Å². The fourth-order valence-electron chi connectivity index (χ4n) is 1.51. The largest absolute Gasteiger partial charge is 0.534 e. The van der Waals surface area contributed by atoms with Gasteiger partial charge in [-0.3, -0.25) is 4.79 Å². The molecule has 0 radical (unpaired) electrons. The molecule has 0 atom stereocenters. The van der Waals surface area contributed by atoms with Crippen LogP contribution in [0, 0.1) is 11.6 Å². The van der Waals surface area contributed by atoms with Crippen LogP contribution in [0.4, 0.5) is 22.0 Å². The van der Waals surface area contributed by atoms with E-state index in [1.165, 1.54) is 0 Å². The molecule has 0 aliphatic heterocycles. The Bertz CT molecular complexity index is 905. The summed E-state index contributed by atoms with van der Waals surface area (Å²) in [6.45, 7) is 0.936. The van der Waals surface area contributed by atoms with E-state index in [0.717, 1.165) is 19.1 Å². The van der Waals surface area contributed by atoms with Crippen LogP contribution in [0.3, 0.4) is 0 Å². The van der Waals surface area contributed by atoms with E-state index in [2.05, 4.69) is 9.17 Å². The van der Waals surface area contributed by atoms with Crippen LogP contribution in [0.25, 0.3) is 10.6 Å². The molecule has 1 heterocycles. The molecule has 0 bridgehead atoms. The summed E-state index contributed by atoms with van der Waals surface area (Å²) in [6.07, 6.45) is 0. The number of Topliss-reactive ketones (excluding diaryl/α,β-unsaturated/α-hetero) is 1. The van der Waals surface area contributed by atoms with Crippen LogP contribution in [0.1, 0.15) is 16.6 Å². The highest BCUT2D eigenvalue weighted by molar-refractivity contribution is 7.88. The maximum absolute atomic E-state index is 13.7. The summed E-state index contributed by atoms with van der Waals surface area (Å²) in [6, 6.07) is 2.30. The van der Waals surface area contributed by atoms with Gasteiger partial charge in [0.2, 0.25) is 0 Å². The number of nitrogens with zero attached hydrogens (tertiary/aromatic N) is 1. The number of carbonyl (C=O) groups is 1. The zero-order valence-electron chi connectivity index (χ0n) is 11.5. The van der Waals surface area contributed by atoms with Crippen molar-refractivity contribution in [1.29, 1.82) is 0 Å². The van der Waals surface area contributed by atoms with E-state index in [0.29, 0.717) is 17.4 Å². The number of alkyl halides is 3. The highest BCUT2D eigenvalue weighted by Crippen LogP contribution is 2.36. The fraction of sp³-hybridized carbons (Fsp3) is 0.167. The summed E-state index contributed by atoms with van der Waals surface area (Å²) in [7, 11) is -6.05. The second-order valence-electron chi connectivity index (χ2n) is 4.32. The molecule has 2 aromatic rings. The third kappa shape index (κ3) is 3.53. The normalized spacial score (nSPS) is 12.2. The minimum atomic E-state index is -6.05. The first-order valence-corrected chi connectivity index (χ1v) is 8.13. The Morgan fingerprint density at radius 2 is 1.88 bits per heavy atom. The molecule has 0 N–H and O–H groups in total. The van der Waals surface area contributed by atoms with Crippen molar-refractivity contribution in [3.8, 4) is 16.5 Å². The van der Waals surface area contributed by atoms with Crippen LogP contribution in [0.5, 0.6) is 5.88 Å². The Kier molecular flexibility index (Phi) is 4.63. The maximum atomic E-state index is 13.7. The minimum Gasteiger partial charge on any atom is -0.353 e. The lowest BCUT2D eigenvalue weighted by Crippen LogP contribution is -2.28. The summed E-state index contributed by atoms with van der Waals surface area (Å²) in [5.74, 6) is -3.96. The Hall–Kier alpha value is -2.08. The molecule has 0 aliphatic carbocycles. The monoisotopic (exact) mass is 387 g/mol. The van der Waals surface area contributed by atoms with Crippen molar-refractivity contribution in [2.24, 2.45) is 0 Å². The third-order valence-electron chi connectivity index (χ3n) is 2.55. The molecule has 0 amide bonds. The molecule has 0 aliphatic rings. The first-order valence-electron chi connectivity index (χ1n) is 5.90. The van der Waals surface area contributed by atoms with Crippen LogP contribution < -0.4 is 4.18 Å². The molecule has 2 rings (SSSR count). The van der Waals surface area contributed by atoms with E-state index in [1.54, 1.807) is 0 Å². The smallest absolute Gasteiger partial charge is 0.353 e. The maximum Gasteiger partial charge on any atom is 0.534 e. The van der Waals surface area contributed by atoms with Crippen molar-refractivity contribution in [3.05, 3.63) is 34.7 Å². The SMILES string of the molecule is CC(=O)c1sc(-c2ccc(F)cc2F)nc1OS(=O)(=O)C(F)(F)F. The van der Waals surface area contributed by atoms with Crippen molar-refractivity contribution in [3.63, 3.8) is 0 Å². The van der Waals surface area contributed by atoms with Crippen LogP contribution >= 0.6 is 11.3 Å². The number of halogens is 5. The van der Waals surface area contributed by atoms with Gasteiger partial charge in [0.05, 0.1) is 0 Å². The molecular weight excluding hydrogens is 381 g/mol. The molecule has 0 fully saturated rings. The number of carbonyl (C=O) groups excluding carboxylic acids is 1. The fourth-order valence-corrected chi connectivity index (χ4v) is 2.91. The molecule has 1 aromatic heterocycles. The molecule has 24 heavy (non-hydrogen) atoms. The lowest BCUT2D eigenvalue weighted by molar-refractivity contribution is -0.0501. The van der Waals surface area contributed by atoms with Crippen LogP contribution in [0.2, 0.25) is 0 Å². The zero-order chi connectivity index (χ0) is 18.3. The molecule has 0 saturated heterocycles. The van der Waals surface area contributed by atoms with Gasteiger partial charge in [-0.2, -0.15) is 26.6 Å². The topological polar surface area (TPSA) is 73.3 Å². The number of rotatable bonds is 4. The zero-order valence-corrected chi connectivity index (χ0v) is 13.2. The van der Waals surface area contributed by atoms with Crippen LogP contribution in [0.15, 0.2) is 18.2 Å². The molecule has 12 heteroatoms. The number of ketones is 1. The Labute approximate surface area is 135 Å². The lowest BCUT2D eigenvalue weighted by atomic mass is 10.2. The lowest BCUT2D eigenvalue weighted by Gasteiger charge is -2.07. The predicted molar refractivity (Wildman–Crippen MR) is 73.1 cm³/mol. The molecule has 130 valence electrons. The molecule has 0 spiro atoms. The van der Waals surface area contributed by atoms with Gasteiger partial charge in [0.15, 0.2) is 5.78 Å². The van der Waals surface area contributed by atoms with E-state index in [-0.39, 0.29) is 10.6 Å². The number of hydrogen-bond donors (Lipinski definition) is 0. The van der Waals surface area contributed by atoms with Crippen LogP contribution in [-0.2, 0) is 10.1 Å². The van der Waals surface area contributed by atoms with Gasteiger partial charge in [-0.05, 0) is 12.1 Å². The number of benzene rings is 1. The highest BCUT2D eigenvalue weighted by atomic mass is 32.2. The summed E-state index contributed by atoms with van der Waals surface area (Å²) < 4.78 is 89.6. The second-order valence-corrected chi connectivity index (χ2v) is 6.85. The molecule has 0 saturated carbocycles. The van der Waals surface area contributed by atoms with Gasteiger partial charge < -0.3 is 4.18 Å². The van der Waals surface area contributed by atoms with Gasteiger partial charge in [0.1, 0.15) is 21.5 Å². The van der Waals surface area contributed by atoms with Gasteiger partial charge in [-0.1, -0.05) is 0 Å². The quantitative estimate of drug-likeness (QED) is 0.347. The first-order chi connectivity index (χ1) is 10.9. The van der Waals surface area contributed by atoms with Crippen molar-refractivity contribution >= 4 is 27.2 Å². The summed E-state index contributed by atoms with van der Waals surface area (Å²) in [5, 5.41) is -0.343. The number of thiazole rings is 1. The van der Waals surface area contributed by atoms with E-state index in [4.69, 9.17) is 0 Å². The second kappa shape index (κ2) is 6.09. The minimum absolute atomic E-state index is 0.330. The first kappa shape index (κ1) is 18.3. The molecule has 1 aromatic carbocycles. The van der Waals surface area contributed by atoms with Gasteiger partial charge in [-0.25, -0.2) is 8.78 Å². The summed E-state index contributed by atoms with van der Waals surface area (Å²) >= 11 is 0.412. The average Bonchev–Trinajstić information content (AvgIpc) is 2.80. The summed E-state index contributed by atoms with van der Waals surface area (Å²) in [5.41, 5.74) is -6.06. The number of aromatic nitrogens is 1. The Balaban J connectivity index is 2.54. The van der Waals surface area contributed by atoms with Crippen LogP contribution in [-0.4, -0.2) is 24.7 Å². The van der Waals surface area contributed by atoms with Crippen molar-refractivity contribution in [1.82, 2.24) is 4.98 Å². The van der Waals surface area contributed by atoms with E-state index in [1.807, 2.05) is 0 Å². The van der Waals surface area contributed by atoms with Crippen molar-refractivity contribution < 1.29 is 39.3 Å². The Morgan fingerprint density at radius 3 is 2.38 bits per heavy atom. The average molecular weight is 387 g/mol. The van der Waals surface area contributed by atoms with E-state index < -0.39 is 43.8 Å². The third-order valence-corrected chi connectivity index (χ3v) is 4.66. The number of hydrogen-bond acceptors (Lipinski definition) is 6. The van der Waals surface area contributed by atoms with Crippen molar-refractivity contribution in [2.75, 3.05) is 0 Å². The Morgan fingerprint density at radius 1 is 1.25 bits per heavy atom.